The molecule has 0 spiro atoms. The number of nitrogens with zero attached hydrogens (tertiary/aromatic N) is 1. The molecule has 6 heteroatoms. The average Bonchev–Trinajstić information content (AvgIpc) is 2.80. The highest BCUT2D eigenvalue weighted by Gasteiger charge is 2.26. The Labute approximate surface area is 122 Å². The van der Waals surface area contributed by atoms with Crippen molar-refractivity contribution in [3.05, 3.63) is 21.9 Å². The number of carbonyl (C=O) groups is 2. The number of rotatable bonds is 3. The largest absolute Gasteiger partial charge is 0.451 e. The number of morpholine rings is 1. The molecular weight excluding hydrogens is 278 g/mol. The zero-order valence-electron chi connectivity index (χ0n) is 11.9. The molecule has 1 aliphatic heterocycles. The van der Waals surface area contributed by atoms with Crippen LogP contribution in [0.25, 0.3) is 0 Å². The zero-order valence-corrected chi connectivity index (χ0v) is 12.7. The third-order valence-electron chi connectivity index (χ3n) is 3.15. The van der Waals surface area contributed by atoms with Gasteiger partial charge >= 0.3 is 5.97 Å². The maximum atomic E-state index is 12.0. The Hall–Kier alpha value is -1.40. The molecule has 2 atom stereocenters. The van der Waals surface area contributed by atoms with Crippen molar-refractivity contribution < 1.29 is 19.1 Å². The van der Waals surface area contributed by atoms with Gasteiger partial charge in [-0.25, -0.2) is 4.79 Å². The van der Waals surface area contributed by atoms with Gasteiger partial charge in [0.25, 0.3) is 5.91 Å². The molecule has 5 nitrogen and oxygen atoms in total. The summed E-state index contributed by atoms with van der Waals surface area (Å²) in [6.07, 6.45) is 0.0240. The van der Waals surface area contributed by atoms with E-state index < -0.39 is 5.97 Å². The first-order valence-corrected chi connectivity index (χ1v) is 7.49. The standard InChI is InChI=1S/C14H19NO4S/c1-9-4-5-20-13(9)14(17)18-8-12(16)15-6-10(2)19-11(3)7-15/h4-5,10-11H,6-8H2,1-3H3. The molecule has 1 aromatic heterocycles. The second-order valence-electron chi connectivity index (χ2n) is 5.06. The van der Waals surface area contributed by atoms with E-state index in [9.17, 15) is 9.59 Å². The Morgan fingerprint density at radius 2 is 2.05 bits per heavy atom. The third-order valence-corrected chi connectivity index (χ3v) is 4.14. The molecule has 1 amide bonds. The second kappa shape index (κ2) is 6.37. The minimum atomic E-state index is -0.430. The van der Waals surface area contributed by atoms with E-state index in [-0.39, 0.29) is 24.7 Å². The van der Waals surface area contributed by atoms with Gasteiger partial charge in [0.2, 0.25) is 0 Å². The maximum Gasteiger partial charge on any atom is 0.349 e. The normalized spacial score (nSPS) is 22.6. The lowest BCUT2D eigenvalue weighted by Gasteiger charge is -2.35. The molecule has 1 fully saturated rings. The van der Waals surface area contributed by atoms with Gasteiger partial charge in [-0.2, -0.15) is 0 Å². The van der Waals surface area contributed by atoms with Crippen LogP contribution in [0.5, 0.6) is 0 Å². The number of amides is 1. The smallest absolute Gasteiger partial charge is 0.349 e. The number of esters is 1. The highest BCUT2D eigenvalue weighted by Crippen LogP contribution is 2.17. The molecule has 1 aromatic rings. The van der Waals surface area contributed by atoms with Gasteiger partial charge in [-0.1, -0.05) is 0 Å². The Bertz CT molecular complexity index is 489. The fourth-order valence-electron chi connectivity index (χ4n) is 2.25. The molecule has 1 saturated heterocycles. The number of carbonyl (C=O) groups excluding carboxylic acids is 2. The second-order valence-corrected chi connectivity index (χ2v) is 5.98. The summed E-state index contributed by atoms with van der Waals surface area (Å²) in [7, 11) is 0. The third kappa shape index (κ3) is 3.58. The van der Waals surface area contributed by atoms with Gasteiger partial charge in [0, 0.05) is 13.1 Å². The molecule has 0 bridgehead atoms. The van der Waals surface area contributed by atoms with Crippen molar-refractivity contribution in [1.29, 1.82) is 0 Å². The van der Waals surface area contributed by atoms with Crippen molar-refractivity contribution in [2.24, 2.45) is 0 Å². The van der Waals surface area contributed by atoms with Crippen LogP contribution in [0, 0.1) is 6.92 Å². The number of hydrogen-bond acceptors (Lipinski definition) is 5. The Balaban J connectivity index is 1.86. The molecule has 0 aliphatic carbocycles. The highest BCUT2D eigenvalue weighted by atomic mass is 32.1. The van der Waals surface area contributed by atoms with Crippen LogP contribution in [0.4, 0.5) is 0 Å². The molecule has 20 heavy (non-hydrogen) atoms. The van der Waals surface area contributed by atoms with Gasteiger partial charge in [0.15, 0.2) is 6.61 Å². The van der Waals surface area contributed by atoms with Crippen LogP contribution in [0.2, 0.25) is 0 Å². The van der Waals surface area contributed by atoms with Crippen molar-refractivity contribution in [3.8, 4) is 0 Å². The van der Waals surface area contributed by atoms with Crippen molar-refractivity contribution in [3.63, 3.8) is 0 Å². The summed E-state index contributed by atoms with van der Waals surface area (Å²) >= 11 is 1.33. The van der Waals surface area contributed by atoms with Crippen molar-refractivity contribution in [1.82, 2.24) is 4.90 Å². The SMILES string of the molecule is Cc1ccsc1C(=O)OCC(=O)N1CC(C)OC(C)C1. The van der Waals surface area contributed by atoms with Crippen molar-refractivity contribution in [2.75, 3.05) is 19.7 Å². The monoisotopic (exact) mass is 297 g/mol. The van der Waals surface area contributed by atoms with E-state index in [1.54, 1.807) is 4.90 Å². The van der Waals surface area contributed by atoms with Gasteiger partial charge in [-0.3, -0.25) is 4.79 Å². The van der Waals surface area contributed by atoms with Gasteiger partial charge < -0.3 is 14.4 Å². The van der Waals surface area contributed by atoms with Crippen LogP contribution in [0.3, 0.4) is 0 Å². The number of aryl methyl sites for hydroxylation is 1. The fraction of sp³-hybridized carbons (Fsp3) is 0.571. The lowest BCUT2D eigenvalue weighted by molar-refractivity contribution is -0.146. The average molecular weight is 297 g/mol. The first-order chi connectivity index (χ1) is 9.47. The number of hydrogen-bond donors (Lipinski definition) is 0. The van der Waals surface area contributed by atoms with E-state index in [2.05, 4.69) is 0 Å². The molecule has 2 unspecified atom stereocenters. The van der Waals surface area contributed by atoms with E-state index in [1.807, 2.05) is 32.2 Å². The van der Waals surface area contributed by atoms with Gasteiger partial charge in [-0.05, 0) is 37.8 Å². The molecule has 0 radical (unpaired) electrons. The Kier molecular flexibility index (Phi) is 4.77. The predicted molar refractivity (Wildman–Crippen MR) is 75.9 cm³/mol. The minimum Gasteiger partial charge on any atom is -0.451 e. The Morgan fingerprint density at radius 1 is 1.40 bits per heavy atom. The molecular formula is C14H19NO4S. The number of thiophene rings is 1. The van der Waals surface area contributed by atoms with Gasteiger partial charge in [0.05, 0.1) is 12.2 Å². The summed E-state index contributed by atoms with van der Waals surface area (Å²) < 4.78 is 10.7. The topological polar surface area (TPSA) is 55.8 Å². The molecule has 2 rings (SSSR count). The molecule has 0 N–H and O–H groups in total. The quantitative estimate of drug-likeness (QED) is 0.799. The summed E-state index contributed by atoms with van der Waals surface area (Å²) in [4.78, 5) is 26.1. The summed E-state index contributed by atoms with van der Waals surface area (Å²) in [6.45, 7) is 6.57. The summed E-state index contributed by atoms with van der Waals surface area (Å²) in [6, 6.07) is 1.86. The highest BCUT2D eigenvalue weighted by molar-refractivity contribution is 7.12. The van der Waals surface area contributed by atoms with E-state index in [0.29, 0.717) is 18.0 Å². The van der Waals surface area contributed by atoms with Gasteiger partial charge in [-0.15, -0.1) is 11.3 Å². The summed E-state index contributed by atoms with van der Waals surface area (Å²) in [5, 5.41) is 1.83. The first-order valence-electron chi connectivity index (χ1n) is 6.62. The van der Waals surface area contributed by atoms with Crippen LogP contribution < -0.4 is 0 Å². The van der Waals surface area contributed by atoms with Crippen LogP contribution in [0.1, 0.15) is 29.1 Å². The van der Waals surface area contributed by atoms with Gasteiger partial charge in [0.1, 0.15) is 4.88 Å². The lowest BCUT2D eigenvalue weighted by Crippen LogP contribution is -2.49. The molecule has 1 aliphatic rings. The first kappa shape index (κ1) is 15.0. The molecule has 0 aromatic carbocycles. The lowest BCUT2D eigenvalue weighted by atomic mass is 10.2. The van der Waals surface area contributed by atoms with Crippen LogP contribution >= 0.6 is 11.3 Å². The Morgan fingerprint density at radius 3 is 2.60 bits per heavy atom. The maximum absolute atomic E-state index is 12.0. The van der Waals surface area contributed by atoms with Crippen LogP contribution in [-0.4, -0.2) is 48.7 Å². The molecule has 2 heterocycles. The predicted octanol–water partition coefficient (Wildman–Crippen LogP) is 1.85. The minimum absolute atomic E-state index is 0.0120. The van der Waals surface area contributed by atoms with E-state index in [0.717, 1.165) is 5.56 Å². The summed E-state index contributed by atoms with van der Waals surface area (Å²) in [5.41, 5.74) is 0.876. The van der Waals surface area contributed by atoms with Crippen LogP contribution in [-0.2, 0) is 14.3 Å². The zero-order chi connectivity index (χ0) is 14.7. The summed E-state index contributed by atoms with van der Waals surface area (Å²) in [5.74, 6) is -0.602. The van der Waals surface area contributed by atoms with Crippen molar-refractivity contribution >= 4 is 23.2 Å². The van der Waals surface area contributed by atoms with Crippen molar-refractivity contribution in [2.45, 2.75) is 33.0 Å². The number of ether oxygens (including phenoxy) is 2. The van der Waals surface area contributed by atoms with E-state index in [4.69, 9.17) is 9.47 Å². The van der Waals surface area contributed by atoms with E-state index in [1.165, 1.54) is 11.3 Å². The molecule has 0 saturated carbocycles. The van der Waals surface area contributed by atoms with Crippen LogP contribution in [0.15, 0.2) is 11.4 Å². The van der Waals surface area contributed by atoms with E-state index >= 15 is 0 Å². The molecule has 110 valence electrons. The fourth-order valence-corrected chi connectivity index (χ4v) is 3.06.